The molecule has 1 aliphatic rings. The van der Waals surface area contributed by atoms with Crippen molar-refractivity contribution in [2.45, 2.75) is 45.6 Å². The first-order valence-corrected chi connectivity index (χ1v) is 8.57. The second-order valence-corrected chi connectivity index (χ2v) is 5.91. The standard InChI is InChI=1S/C17H24ClN3O2/c1-3-13-9-7-8-12-21(13)16(17(22)23-4-2)20-19-15-11-6-5-10-14(15)18/h5-6,10-11,13,19H,3-4,7-9,12H2,1-2H3/b20-16-/t13-/m0/s1. The van der Waals surface area contributed by atoms with Crippen LogP contribution >= 0.6 is 11.6 Å². The number of halogens is 1. The normalized spacial score (nSPS) is 18.7. The molecule has 5 nitrogen and oxygen atoms in total. The molecule has 0 aliphatic carbocycles. The van der Waals surface area contributed by atoms with Crippen molar-refractivity contribution in [3.8, 4) is 0 Å². The number of benzene rings is 1. The number of nitrogens with zero attached hydrogens (tertiary/aromatic N) is 2. The van der Waals surface area contributed by atoms with Crippen molar-refractivity contribution in [3.63, 3.8) is 0 Å². The van der Waals surface area contributed by atoms with Crippen LogP contribution in [0, 0.1) is 0 Å². The first-order valence-electron chi connectivity index (χ1n) is 8.19. The van der Waals surface area contributed by atoms with E-state index in [-0.39, 0.29) is 0 Å². The molecule has 6 heteroatoms. The lowest BCUT2D eigenvalue weighted by molar-refractivity contribution is -0.136. The van der Waals surface area contributed by atoms with Crippen LogP contribution in [0.25, 0.3) is 0 Å². The molecular formula is C17H24ClN3O2. The highest BCUT2D eigenvalue weighted by Crippen LogP contribution is 2.23. The summed E-state index contributed by atoms with van der Waals surface area (Å²) in [5, 5.41) is 4.89. The van der Waals surface area contributed by atoms with Gasteiger partial charge in [-0.1, -0.05) is 30.7 Å². The van der Waals surface area contributed by atoms with E-state index >= 15 is 0 Å². The number of anilines is 1. The minimum absolute atomic E-state index is 0.319. The van der Waals surface area contributed by atoms with Crippen LogP contribution in [0.5, 0.6) is 0 Å². The molecule has 0 spiro atoms. The molecular weight excluding hydrogens is 314 g/mol. The van der Waals surface area contributed by atoms with Gasteiger partial charge in [0, 0.05) is 12.6 Å². The summed E-state index contributed by atoms with van der Waals surface area (Å²) in [6, 6.07) is 7.63. The number of para-hydroxylation sites is 1. The Morgan fingerprint density at radius 3 is 2.87 bits per heavy atom. The molecule has 1 aromatic carbocycles. The third kappa shape index (κ3) is 4.61. The summed E-state index contributed by atoms with van der Waals surface area (Å²) < 4.78 is 5.18. The number of esters is 1. The van der Waals surface area contributed by atoms with E-state index in [4.69, 9.17) is 16.3 Å². The van der Waals surface area contributed by atoms with Gasteiger partial charge in [-0.05, 0) is 44.7 Å². The summed E-state index contributed by atoms with van der Waals surface area (Å²) >= 11 is 6.13. The van der Waals surface area contributed by atoms with Gasteiger partial charge in [-0.3, -0.25) is 5.43 Å². The van der Waals surface area contributed by atoms with Gasteiger partial charge in [-0.25, -0.2) is 4.79 Å². The van der Waals surface area contributed by atoms with Gasteiger partial charge in [-0.15, -0.1) is 5.10 Å². The topological polar surface area (TPSA) is 53.9 Å². The summed E-state index contributed by atoms with van der Waals surface area (Å²) in [5.74, 6) is -0.0641. The quantitative estimate of drug-likeness (QED) is 0.392. The van der Waals surface area contributed by atoms with Crippen molar-refractivity contribution in [1.29, 1.82) is 0 Å². The second kappa shape index (κ2) is 8.77. The third-order valence-electron chi connectivity index (χ3n) is 3.98. The van der Waals surface area contributed by atoms with E-state index in [2.05, 4.69) is 22.4 Å². The van der Waals surface area contributed by atoms with E-state index in [9.17, 15) is 4.79 Å². The maximum absolute atomic E-state index is 12.3. The lowest BCUT2D eigenvalue weighted by Gasteiger charge is -2.36. The number of ether oxygens (including phenoxy) is 1. The van der Waals surface area contributed by atoms with Crippen LogP contribution in [-0.4, -0.2) is 35.9 Å². The van der Waals surface area contributed by atoms with Gasteiger partial charge in [0.1, 0.15) is 0 Å². The highest BCUT2D eigenvalue weighted by Gasteiger charge is 2.29. The summed E-state index contributed by atoms with van der Waals surface area (Å²) in [6.45, 7) is 5.08. The Kier molecular flexibility index (Phi) is 6.71. The Bertz CT molecular complexity index is 563. The second-order valence-electron chi connectivity index (χ2n) is 5.50. The summed E-state index contributed by atoms with van der Waals surface area (Å²) in [5.41, 5.74) is 3.58. The maximum atomic E-state index is 12.3. The fourth-order valence-corrected chi connectivity index (χ4v) is 2.97. The van der Waals surface area contributed by atoms with Crippen molar-refractivity contribution < 1.29 is 9.53 Å². The summed E-state index contributed by atoms with van der Waals surface area (Å²) in [7, 11) is 0. The largest absolute Gasteiger partial charge is 0.460 e. The monoisotopic (exact) mass is 337 g/mol. The van der Waals surface area contributed by atoms with Gasteiger partial charge in [0.05, 0.1) is 17.3 Å². The van der Waals surface area contributed by atoms with Crippen LogP contribution in [-0.2, 0) is 9.53 Å². The molecule has 1 aliphatic heterocycles. The van der Waals surface area contributed by atoms with Crippen molar-refractivity contribution in [2.24, 2.45) is 5.10 Å². The zero-order chi connectivity index (χ0) is 16.7. The Morgan fingerprint density at radius 1 is 1.39 bits per heavy atom. The van der Waals surface area contributed by atoms with Crippen molar-refractivity contribution >= 4 is 29.1 Å². The van der Waals surface area contributed by atoms with Gasteiger partial charge >= 0.3 is 5.97 Å². The van der Waals surface area contributed by atoms with Gasteiger partial charge in [-0.2, -0.15) is 0 Å². The molecule has 1 saturated heterocycles. The number of nitrogens with one attached hydrogen (secondary N) is 1. The number of amidine groups is 1. The summed E-state index contributed by atoms with van der Waals surface area (Å²) in [4.78, 5) is 14.4. The Labute approximate surface area is 142 Å². The van der Waals surface area contributed by atoms with Crippen molar-refractivity contribution in [1.82, 2.24) is 4.90 Å². The molecule has 1 N–H and O–H groups in total. The van der Waals surface area contributed by atoms with Gasteiger partial charge in [0.2, 0.25) is 5.84 Å². The van der Waals surface area contributed by atoms with E-state index in [1.54, 1.807) is 13.0 Å². The lowest BCUT2D eigenvalue weighted by Crippen LogP contribution is -2.47. The molecule has 0 radical (unpaired) electrons. The van der Waals surface area contributed by atoms with Crippen LogP contribution in [0.4, 0.5) is 5.69 Å². The van der Waals surface area contributed by atoms with Gasteiger partial charge in [0.15, 0.2) is 0 Å². The highest BCUT2D eigenvalue weighted by molar-refractivity contribution is 6.36. The van der Waals surface area contributed by atoms with E-state index in [0.29, 0.717) is 29.2 Å². The Hall–Kier alpha value is -1.75. The number of piperidine rings is 1. The van der Waals surface area contributed by atoms with Crippen LogP contribution in [0.2, 0.25) is 5.02 Å². The van der Waals surface area contributed by atoms with Crippen molar-refractivity contribution in [3.05, 3.63) is 29.3 Å². The van der Waals surface area contributed by atoms with Gasteiger partial charge in [0.25, 0.3) is 0 Å². The maximum Gasteiger partial charge on any atom is 0.376 e. The predicted molar refractivity (Wildman–Crippen MR) is 93.8 cm³/mol. The Balaban J connectivity index is 2.24. The van der Waals surface area contributed by atoms with Crippen molar-refractivity contribution in [2.75, 3.05) is 18.6 Å². The average Bonchev–Trinajstić information content (AvgIpc) is 2.57. The first-order chi connectivity index (χ1) is 11.2. The van der Waals surface area contributed by atoms with E-state index in [0.717, 1.165) is 25.8 Å². The molecule has 0 aromatic heterocycles. The molecule has 1 aromatic rings. The molecule has 1 fully saturated rings. The fraction of sp³-hybridized carbons (Fsp3) is 0.529. The van der Waals surface area contributed by atoms with Gasteiger partial charge < -0.3 is 9.64 Å². The Morgan fingerprint density at radius 2 is 2.17 bits per heavy atom. The number of likely N-dealkylation sites (tertiary alicyclic amines) is 1. The van der Waals surface area contributed by atoms with Crippen LogP contribution in [0.3, 0.4) is 0 Å². The predicted octanol–water partition coefficient (Wildman–Crippen LogP) is 3.89. The number of hydrazone groups is 1. The minimum atomic E-state index is -0.396. The molecule has 1 atom stereocenters. The number of carbonyl (C=O) groups excluding carboxylic acids is 1. The lowest BCUT2D eigenvalue weighted by atomic mass is 10.00. The zero-order valence-corrected chi connectivity index (χ0v) is 14.5. The molecule has 0 saturated carbocycles. The zero-order valence-electron chi connectivity index (χ0n) is 13.7. The number of rotatable bonds is 4. The molecule has 2 rings (SSSR count). The molecule has 1 heterocycles. The SMILES string of the molecule is CCOC(=O)/C(=N/Nc1ccccc1Cl)N1CCCC[C@@H]1CC. The van der Waals surface area contributed by atoms with Crippen LogP contribution < -0.4 is 5.43 Å². The van der Waals surface area contributed by atoms with E-state index in [1.807, 2.05) is 18.2 Å². The van der Waals surface area contributed by atoms with Crippen LogP contribution in [0.1, 0.15) is 39.5 Å². The molecule has 23 heavy (non-hydrogen) atoms. The van der Waals surface area contributed by atoms with E-state index < -0.39 is 5.97 Å². The third-order valence-corrected chi connectivity index (χ3v) is 4.31. The molecule has 126 valence electrons. The molecule has 0 unspecified atom stereocenters. The fourth-order valence-electron chi connectivity index (χ4n) is 2.79. The minimum Gasteiger partial charge on any atom is -0.460 e. The van der Waals surface area contributed by atoms with Crippen LogP contribution in [0.15, 0.2) is 29.4 Å². The number of carbonyl (C=O) groups is 1. The highest BCUT2D eigenvalue weighted by atomic mass is 35.5. The number of hydrogen-bond acceptors (Lipinski definition) is 4. The molecule has 0 bridgehead atoms. The summed E-state index contributed by atoms with van der Waals surface area (Å²) in [6.07, 6.45) is 4.29. The first kappa shape index (κ1) is 17.6. The smallest absolute Gasteiger partial charge is 0.376 e. The van der Waals surface area contributed by atoms with E-state index in [1.165, 1.54) is 6.42 Å². The average molecular weight is 338 g/mol. The molecule has 0 amide bonds. The number of hydrogen-bond donors (Lipinski definition) is 1.